The van der Waals surface area contributed by atoms with Crippen LogP contribution in [0.5, 0.6) is 0 Å². The van der Waals surface area contributed by atoms with E-state index in [1.54, 1.807) is 31.2 Å². The van der Waals surface area contributed by atoms with Gasteiger partial charge in [-0.1, -0.05) is 13.0 Å². The first-order valence-electron chi connectivity index (χ1n) is 10.8. The lowest BCUT2D eigenvalue weighted by molar-refractivity contribution is -0.117. The molecule has 0 aliphatic heterocycles. The van der Waals surface area contributed by atoms with E-state index in [0.29, 0.717) is 17.1 Å². The van der Waals surface area contributed by atoms with Crippen molar-refractivity contribution in [3.8, 4) is 0 Å². The van der Waals surface area contributed by atoms with Crippen LogP contribution in [0.4, 0.5) is 17.1 Å². The zero-order valence-electron chi connectivity index (χ0n) is 19.9. The van der Waals surface area contributed by atoms with Gasteiger partial charge in [-0.2, -0.15) is 0 Å². The molecule has 9 nitrogen and oxygen atoms in total. The maximum absolute atomic E-state index is 13.1. The van der Waals surface area contributed by atoms with E-state index in [-0.39, 0.29) is 11.3 Å². The van der Waals surface area contributed by atoms with Crippen molar-refractivity contribution in [1.29, 1.82) is 0 Å². The summed E-state index contributed by atoms with van der Waals surface area (Å²) in [5.74, 6) is -0.528. The van der Waals surface area contributed by atoms with Crippen molar-refractivity contribution in [2.45, 2.75) is 38.1 Å². The minimum absolute atomic E-state index is 0.000661. The summed E-state index contributed by atoms with van der Waals surface area (Å²) in [5, 5.41) is 2.70. The second-order valence-electron chi connectivity index (χ2n) is 8.11. The molecule has 0 bridgehead atoms. The number of benzene rings is 2. The van der Waals surface area contributed by atoms with E-state index in [4.69, 9.17) is 0 Å². The van der Waals surface area contributed by atoms with Gasteiger partial charge in [0.05, 0.1) is 28.7 Å². The molecule has 3 aromatic rings. The second kappa shape index (κ2) is 10.4. The topological polar surface area (TPSA) is 126 Å². The van der Waals surface area contributed by atoms with Crippen LogP contribution in [0.25, 0.3) is 0 Å². The molecule has 0 aliphatic rings. The molecule has 3 rings (SSSR count). The number of nitrogens with one attached hydrogen (secondary N) is 2. The van der Waals surface area contributed by atoms with E-state index in [9.17, 15) is 21.6 Å². The lowest BCUT2D eigenvalue weighted by Gasteiger charge is -2.30. The first-order chi connectivity index (χ1) is 16.4. The molecule has 0 spiro atoms. The van der Waals surface area contributed by atoms with E-state index in [1.807, 2.05) is 19.9 Å². The molecule has 1 aromatic heterocycles. The van der Waals surface area contributed by atoms with E-state index < -0.39 is 32.0 Å². The molecule has 1 amide bonds. The molecule has 11 heteroatoms. The van der Waals surface area contributed by atoms with Gasteiger partial charge in [0.2, 0.25) is 15.9 Å². The molecule has 0 fully saturated rings. The highest BCUT2D eigenvalue weighted by atomic mass is 32.2. The lowest BCUT2D eigenvalue weighted by Crippen LogP contribution is -2.47. The molecular weight excluding hydrogens is 488 g/mol. The van der Waals surface area contributed by atoms with Crippen LogP contribution in [0.3, 0.4) is 0 Å². The summed E-state index contributed by atoms with van der Waals surface area (Å²) >= 11 is 0. The first-order valence-corrected chi connectivity index (χ1v) is 14.2. The third kappa shape index (κ3) is 6.37. The maximum Gasteiger partial charge on any atom is 0.261 e. The van der Waals surface area contributed by atoms with Crippen LogP contribution in [0.15, 0.2) is 71.9 Å². The van der Waals surface area contributed by atoms with E-state index >= 15 is 0 Å². The minimum Gasteiger partial charge on any atom is -0.324 e. The number of carbonyl (C=O) groups excluding carboxylic acids is 1. The van der Waals surface area contributed by atoms with E-state index in [0.717, 1.165) is 21.7 Å². The molecule has 1 heterocycles. The second-order valence-corrected chi connectivity index (χ2v) is 11.7. The summed E-state index contributed by atoms with van der Waals surface area (Å²) < 4.78 is 54.1. The van der Waals surface area contributed by atoms with Gasteiger partial charge in [0, 0.05) is 11.9 Å². The standard InChI is InChI=1S/C24H28N4O5S2/c1-5-23(28(34(4,30)31)21-11-8-17(2)18(3)15-21)24(29)26-19-9-12-22(13-10-19)35(32,33)27-20-7-6-14-25-16-20/h6-16,23,27H,5H2,1-4H3,(H,26,29)/t23-/m1/s1. The van der Waals surface area contributed by atoms with Crippen molar-refractivity contribution in [3.63, 3.8) is 0 Å². The van der Waals surface area contributed by atoms with Crippen molar-refractivity contribution >= 4 is 43.0 Å². The zero-order valence-corrected chi connectivity index (χ0v) is 21.5. The Morgan fingerprint density at radius 1 is 0.971 bits per heavy atom. The number of hydrogen-bond acceptors (Lipinski definition) is 6. The number of nitrogens with zero attached hydrogens (tertiary/aromatic N) is 2. The van der Waals surface area contributed by atoms with Crippen molar-refractivity contribution in [1.82, 2.24) is 4.98 Å². The quantitative estimate of drug-likeness (QED) is 0.447. The summed E-state index contributed by atoms with van der Waals surface area (Å²) in [4.78, 5) is 17.0. The fourth-order valence-corrected chi connectivity index (χ4v) is 5.75. The molecule has 186 valence electrons. The molecule has 0 unspecified atom stereocenters. The summed E-state index contributed by atoms with van der Waals surface area (Å²) in [6, 6.07) is 13.0. The van der Waals surface area contributed by atoms with Gasteiger partial charge >= 0.3 is 0 Å². The first kappa shape index (κ1) is 26.2. The highest BCUT2D eigenvalue weighted by Crippen LogP contribution is 2.26. The van der Waals surface area contributed by atoms with E-state index in [2.05, 4.69) is 15.0 Å². The van der Waals surface area contributed by atoms with Crippen LogP contribution in [0.2, 0.25) is 0 Å². The van der Waals surface area contributed by atoms with Crippen LogP contribution in [-0.4, -0.2) is 40.0 Å². The van der Waals surface area contributed by atoms with Gasteiger partial charge in [0.1, 0.15) is 6.04 Å². The zero-order chi connectivity index (χ0) is 25.8. The highest BCUT2D eigenvalue weighted by molar-refractivity contribution is 7.92. The number of aromatic nitrogens is 1. The number of rotatable bonds is 9. The molecule has 0 radical (unpaired) electrons. The Morgan fingerprint density at radius 3 is 2.20 bits per heavy atom. The fraction of sp³-hybridized carbons (Fsp3) is 0.250. The van der Waals surface area contributed by atoms with E-state index in [1.165, 1.54) is 36.7 Å². The number of anilines is 3. The molecule has 0 aliphatic carbocycles. The summed E-state index contributed by atoms with van der Waals surface area (Å²) in [6.07, 6.45) is 4.21. The summed E-state index contributed by atoms with van der Waals surface area (Å²) in [7, 11) is -7.62. The van der Waals surface area contributed by atoms with Gasteiger partial charge in [-0.15, -0.1) is 0 Å². The average Bonchev–Trinajstić information content (AvgIpc) is 2.79. The van der Waals surface area contributed by atoms with Crippen LogP contribution >= 0.6 is 0 Å². The smallest absolute Gasteiger partial charge is 0.261 e. The van der Waals surface area contributed by atoms with Crippen LogP contribution < -0.4 is 14.3 Å². The largest absolute Gasteiger partial charge is 0.324 e. The van der Waals surface area contributed by atoms with Crippen molar-refractivity contribution in [2.24, 2.45) is 0 Å². The fourth-order valence-electron chi connectivity index (χ4n) is 3.50. The minimum atomic E-state index is -3.85. The van der Waals surface area contributed by atoms with Crippen LogP contribution in [0, 0.1) is 13.8 Å². The molecule has 35 heavy (non-hydrogen) atoms. The molecule has 1 atom stereocenters. The number of pyridine rings is 1. The molecule has 2 aromatic carbocycles. The average molecular weight is 517 g/mol. The Labute approximate surface area is 206 Å². The Kier molecular flexibility index (Phi) is 7.81. The third-order valence-corrected chi connectivity index (χ3v) is 8.00. The number of amides is 1. The SMILES string of the molecule is CC[C@H](C(=O)Nc1ccc(S(=O)(=O)Nc2cccnc2)cc1)N(c1ccc(C)c(C)c1)S(C)(=O)=O. The predicted molar refractivity (Wildman–Crippen MR) is 137 cm³/mol. The molecule has 2 N–H and O–H groups in total. The third-order valence-electron chi connectivity index (χ3n) is 5.42. The van der Waals surface area contributed by atoms with Crippen molar-refractivity contribution in [2.75, 3.05) is 20.6 Å². The number of sulfonamides is 2. The Bertz CT molecular complexity index is 1410. The number of carbonyl (C=O) groups is 1. The van der Waals surface area contributed by atoms with Crippen LogP contribution in [0.1, 0.15) is 24.5 Å². The predicted octanol–water partition coefficient (Wildman–Crippen LogP) is 3.68. The van der Waals surface area contributed by atoms with Gasteiger partial charge in [0.15, 0.2) is 0 Å². The van der Waals surface area contributed by atoms with Gasteiger partial charge in [-0.3, -0.25) is 18.8 Å². The maximum atomic E-state index is 13.1. The summed E-state index contributed by atoms with van der Waals surface area (Å²) in [6.45, 7) is 5.52. The van der Waals surface area contributed by atoms with Gasteiger partial charge < -0.3 is 5.32 Å². The monoisotopic (exact) mass is 516 g/mol. The lowest BCUT2D eigenvalue weighted by atomic mass is 10.1. The highest BCUT2D eigenvalue weighted by Gasteiger charge is 2.31. The Morgan fingerprint density at radius 2 is 1.66 bits per heavy atom. The van der Waals surface area contributed by atoms with Gasteiger partial charge in [-0.05, 0) is 79.9 Å². The van der Waals surface area contributed by atoms with Crippen molar-refractivity contribution in [3.05, 3.63) is 78.1 Å². The molecule has 0 saturated heterocycles. The summed E-state index contributed by atoms with van der Waals surface area (Å²) in [5.41, 5.74) is 2.97. The Balaban J connectivity index is 1.82. The Hall–Kier alpha value is -3.44. The normalized spacial score (nSPS) is 12.6. The van der Waals surface area contributed by atoms with Crippen molar-refractivity contribution < 1.29 is 21.6 Å². The van der Waals surface area contributed by atoms with Gasteiger partial charge in [0.25, 0.3) is 10.0 Å². The number of hydrogen-bond donors (Lipinski definition) is 2. The van der Waals surface area contributed by atoms with Crippen LogP contribution in [-0.2, 0) is 24.8 Å². The number of aryl methyl sites for hydroxylation is 2. The molecular formula is C24H28N4O5S2. The molecule has 0 saturated carbocycles. The van der Waals surface area contributed by atoms with Gasteiger partial charge in [-0.25, -0.2) is 16.8 Å².